The largest absolute Gasteiger partial charge is 0.217 e. The van der Waals surface area contributed by atoms with Gasteiger partial charge in [-0.25, -0.2) is 0 Å². The number of fused-ring (bicyclic) bond motifs is 3. The lowest BCUT2D eigenvalue weighted by atomic mass is 9.95. The van der Waals surface area contributed by atoms with Crippen LogP contribution in [0.5, 0.6) is 0 Å². The van der Waals surface area contributed by atoms with E-state index in [2.05, 4.69) is 109 Å². The molecule has 5 rings (SSSR count). The highest BCUT2D eigenvalue weighted by Crippen LogP contribution is 2.42. The fraction of sp³-hybridized carbons (Fsp3) is 0.148. The molecule has 0 fully saturated rings. The van der Waals surface area contributed by atoms with Gasteiger partial charge in [0.1, 0.15) is 0 Å². The first-order valence-electron chi connectivity index (χ1n) is 10.0. The monoisotopic (exact) mass is 362 g/mol. The number of nitrogens with zero attached hydrogens (tertiary/aromatic N) is 1. The first kappa shape index (κ1) is 16.9. The average molecular weight is 362 g/mol. The maximum absolute atomic E-state index is 2.53. The molecule has 0 radical (unpaired) electrons. The molecule has 4 aromatic rings. The normalized spacial score (nSPS) is 12.1. The van der Waals surface area contributed by atoms with Crippen LogP contribution in [0.4, 0.5) is 0 Å². The second kappa shape index (κ2) is 6.76. The molecule has 1 aliphatic carbocycles. The molecular formula is C27H24N+. The van der Waals surface area contributed by atoms with E-state index in [1.165, 1.54) is 44.8 Å². The van der Waals surface area contributed by atoms with E-state index >= 15 is 0 Å². The maximum Gasteiger partial charge on any atom is 0.217 e. The molecule has 136 valence electrons. The topological polar surface area (TPSA) is 3.88 Å². The van der Waals surface area contributed by atoms with Crippen LogP contribution in [0.25, 0.3) is 33.6 Å². The van der Waals surface area contributed by atoms with Crippen LogP contribution in [0.3, 0.4) is 0 Å². The summed E-state index contributed by atoms with van der Waals surface area (Å²) in [5, 5.41) is 0. The molecule has 3 aromatic carbocycles. The number of pyridine rings is 1. The average Bonchev–Trinajstić information content (AvgIpc) is 3.13. The summed E-state index contributed by atoms with van der Waals surface area (Å²) in [6, 6.07) is 33.2. The Hall–Kier alpha value is -3.19. The fourth-order valence-corrected chi connectivity index (χ4v) is 4.50. The SMILES string of the molecule is CC(C)[n+]1c(-c2ccccc2)cc(-c2ccccc2)c2c1-c1ccccc1C2. The van der Waals surface area contributed by atoms with Crippen molar-refractivity contribution in [3.8, 4) is 33.6 Å². The highest BCUT2D eigenvalue weighted by Gasteiger charge is 2.34. The van der Waals surface area contributed by atoms with Crippen molar-refractivity contribution in [2.24, 2.45) is 0 Å². The van der Waals surface area contributed by atoms with Crippen LogP contribution in [-0.4, -0.2) is 0 Å². The maximum atomic E-state index is 2.53. The van der Waals surface area contributed by atoms with E-state index in [4.69, 9.17) is 0 Å². The van der Waals surface area contributed by atoms with Crippen molar-refractivity contribution in [2.45, 2.75) is 26.3 Å². The molecule has 0 saturated heterocycles. The zero-order valence-electron chi connectivity index (χ0n) is 16.4. The van der Waals surface area contributed by atoms with E-state index in [1.807, 2.05) is 0 Å². The summed E-state index contributed by atoms with van der Waals surface area (Å²) in [6.45, 7) is 4.58. The Morgan fingerprint density at radius 2 is 1.29 bits per heavy atom. The van der Waals surface area contributed by atoms with Crippen molar-refractivity contribution in [1.82, 2.24) is 0 Å². The first-order valence-corrected chi connectivity index (χ1v) is 10.0. The molecule has 28 heavy (non-hydrogen) atoms. The van der Waals surface area contributed by atoms with Crippen molar-refractivity contribution in [2.75, 3.05) is 0 Å². The van der Waals surface area contributed by atoms with E-state index in [9.17, 15) is 0 Å². The fourth-order valence-electron chi connectivity index (χ4n) is 4.50. The second-order valence-electron chi connectivity index (χ2n) is 7.80. The van der Waals surface area contributed by atoms with E-state index < -0.39 is 0 Å². The zero-order chi connectivity index (χ0) is 19.1. The number of hydrogen-bond acceptors (Lipinski definition) is 0. The molecule has 1 heterocycles. The Kier molecular flexibility index (Phi) is 4.09. The van der Waals surface area contributed by atoms with Crippen LogP contribution in [-0.2, 0) is 6.42 Å². The molecule has 0 aliphatic heterocycles. The van der Waals surface area contributed by atoms with E-state index in [-0.39, 0.29) is 0 Å². The minimum atomic E-state index is 0.375. The zero-order valence-corrected chi connectivity index (χ0v) is 16.4. The van der Waals surface area contributed by atoms with Crippen LogP contribution in [0.1, 0.15) is 31.0 Å². The highest BCUT2D eigenvalue weighted by molar-refractivity contribution is 5.83. The van der Waals surface area contributed by atoms with Crippen LogP contribution in [0, 0.1) is 0 Å². The highest BCUT2D eigenvalue weighted by atomic mass is 15.0. The first-order chi connectivity index (χ1) is 13.7. The van der Waals surface area contributed by atoms with Crippen molar-refractivity contribution in [3.05, 3.63) is 102 Å². The summed E-state index contributed by atoms with van der Waals surface area (Å²) < 4.78 is 2.53. The van der Waals surface area contributed by atoms with Crippen molar-refractivity contribution in [1.29, 1.82) is 0 Å². The van der Waals surface area contributed by atoms with Gasteiger partial charge < -0.3 is 0 Å². The van der Waals surface area contributed by atoms with E-state index in [1.54, 1.807) is 0 Å². The van der Waals surface area contributed by atoms with Crippen LogP contribution in [0.15, 0.2) is 91.0 Å². The summed E-state index contributed by atoms with van der Waals surface area (Å²) in [5.41, 5.74) is 10.8. The van der Waals surface area contributed by atoms with Gasteiger partial charge in [-0.15, -0.1) is 0 Å². The van der Waals surface area contributed by atoms with Crippen molar-refractivity contribution < 1.29 is 4.57 Å². The quantitative estimate of drug-likeness (QED) is 0.324. The molecule has 0 N–H and O–H groups in total. The van der Waals surface area contributed by atoms with Gasteiger partial charge in [0.25, 0.3) is 0 Å². The molecule has 0 spiro atoms. The van der Waals surface area contributed by atoms with Gasteiger partial charge in [0.15, 0.2) is 6.04 Å². The standard InChI is InChI=1S/C27H24N/c1-19(2)28-26(21-13-7-4-8-14-21)18-24(20-11-5-3-6-12-20)25-17-22-15-9-10-16-23(22)27(25)28/h3-16,18-19H,17H2,1-2H3/q+1. The van der Waals surface area contributed by atoms with Crippen LogP contribution in [0.2, 0.25) is 0 Å². The Balaban J connectivity index is 1.90. The number of hydrogen-bond donors (Lipinski definition) is 0. The Bertz CT molecular complexity index is 1140. The molecule has 1 aromatic heterocycles. The van der Waals surface area contributed by atoms with E-state index in [0.29, 0.717) is 6.04 Å². The van der Waals surface area contributed by atoms with Gasteiger partial charge in [-0.2, -0.15) is 4.57 Å². The number of rotatable bonds is 3. The third kappa shape index (κ3) is 2.66. The summed E-state index contributed by atoms with van der Waals surface area (Å²) in [4.78, 5) is 0. The molecule has 0 bridgehead atoms. The third-order valence-corrected chi connectivity index (χ3v) is 5.70. The molecule has 0 saturated carbocycles. The predicted octanol–water partition coefficient (Wildman–Crippen LogP) is 6.46. The molecule has 1 nitrogen and oxygen atoms in total. The summed E-state index contributed by atoms with van der Waals surface area (Å²) in [5.74, 6) is 0. The molecule has 1 aliphatic rings. The van der Waals surface area contributed by atoms with Gasteiger partial charge in [0.05, 0.1) is 5.56 Å². The third-order valence-electron chi connectivity index (χ3n) is 5.70. The van der Waals surface area contributed by atoms with Gasteiger partial charge >= 0.3 is 0 Å². The van der Waals surface area contributed by atoms with Gasteiger partial charge in [0, 0.05) is 23.6 Å². The van der Waals surface area contributed by atoms with Gasteiger partial charge in [-0.05, 0) is 48.7 Å². The number of aromatic nitrogens is 1. The minimum Gasteiger partial charge on any atom is -0.189 e. The van der Waals surface area contributed by atoms with Gasteiger partial charge in [-0.1, -0.05) is 66.7 Å². The Morgan fingerprint density at radius 3 is 1.96 bits per heavy atom. The number of benzene rings is 3. The molecule has 0 unspecified atom stereocenters. The smallest absolute Gasteiger partial charge is 0.189 e. The summed E-state index contributed by atoms with van der Waals surface area (Å²) in [6.07, 6.45) is 0.998. The second-order valence-corrected chi connectivity index (χ2v) is 7.80. The predicted molar refractivity (Wildman–Crippen MR) is 116 cm³/mol. The van der Waals surface area contributed by atoms with Crippen LogP contribution >= 0.6 is 0 Å². The minimum absolute atomic E-state index is 0.375. The van der Waals surface area contributed by atoms with Crippen LogP contribution < -0.4 is 4.57 Å². The van der Waals surface area contributed by atoms with Gasteiger partial charge in [-0.3, -0.25) is 0 Å². The van der Waals surface area contributed by atoms with Gasteiger partial charge in [0.2, 0.25) is 11.4 Å². The lowest BCUT2D eigenvalue weighted by Gasteiger charge is -2.16. The molecule has 0 amide bonds. The Labute approximate surface area is 166 Å². The van der Waals surface area contributed by atoms with Crippen molar-refractivity contribution in [3.63, 3.8) is 0 Å². The Morgan fingerprint density at radius 1 is 0.679 bits per heavy atom. The molecule has 0 atom stereocenters. The van der Waals surface area contributed by atoms with E-state index in [0.717, 1.165) is 6.42 Å². The lowest BCUT2D eigenvalue weighted by Crippen LogP contribution is -2.41. The van der Waals surface area contributed by atoms with Crippen molar-refractivity contribution >= 4 is 0 Å². The molecular weight excluding hydrogens is 338 g/mol. The summed E-state index contributed by atoms with van der Waals surface area (Å²) >= 11 is 0. The molecule has 1 heteroatoms. The summed E-state index contributed by atoms with van der Waals surface area (Å²) in [7, 11) is 0. The lowest BCUT2D eigenvalue weighted by molar-refractivity contribution is -0.695.